The summed E-state index contributed by atoms with van der Waals surface area (Å²) in [6.07, 6.45) is -4.35. The van der Waals surface area contributed by atoms with Crippen LogP contribution in [0.5, 0.6) is 0 Å². The fourth-order valence-corrected chi connectivity index (χ4v) is 3.00. The Kier molecular flexibility index (Phi) is 4.94. The van der Waals surface area contributed by atoms with Gasteiger partial charge in [0, 0.05) is 29.2 Å². The van der Waals surface area contributed by atoms with Crippen LogP contribution in [0.4, 0.5) is 29.7 Å². The van der Waals surface area contributed by atoms with E-state index in [9.17, 15) is 18.0 Å². The summed E-state index contributed by atoms with van der Waals surface area (Å²) in [5, 5.41) is 8.10. The Bertz CT molecular complexity index is 903. The minimum absolute atomic E-state index is 0.144. The summed E-state index contributed by atoms with van der Waals surface area (Å²) in [7, 11) is 0. The SMILES string of the molecule is CC(=O)Nc1ccc(-c2csc(Nc3ccc(C(F)(F)F)cc3)n2)cc1. The number of aromatic nitrogens is 1. The lowest BCUT2D eigenvalue weighted by molar-refractivity contribution is -0.137. The Balaban J connectivity index is 1.70. The predicted molar refractivity (Wildman–Crippen MR) is 96.6 cm³/mol. The summed E-state index contributed by atoms with van der Waals surface area (Å²) in [4.78, 5) is 15.5. The molecule has 0 atom stereocenters. The van der Waals surface area contributed by atoms with E-state index in [1.165, 1.54) is 30.4 Å². The molecule has 2 aromatic carbocycles. The van der Waals surface area contributed by atoms with E-state index < -0.39 is 11.7 Å². The minimum Gasteiger partial charge on any atom is -0.332 e. The van der Waals surface area contributed by atoms with Crippen LogP contribution in [0.15, 0.2) is 53.9 Å². The number of amides is 1. The van der Waals surface area contributed by atoms with Crippen LogP contribution in [0.3, 0.4) is 0 Å². The van der Waals surface area contributed by atoms with Crippen LogP contribution in [0, 0.1) is 0 Å². The predicted octanol–water partition coefficient (Wildman–Crippen LogP) is 5.53. The van der Waals surface area contributed by atoms with E-state index in [1.807, 2.05) is 17.5 Å². The fraction of sp³-hybridized carbons (Fsp3) is 0.111. The van der Waals surface area contributed by atoms with Crippen LogP contribution >= 0.6 is 11.3 Å². The Labute approximate surface area is 151 Å². The lowest BCUT2D eigenvalue weighted by Gasteiger charge is -2.07. The molecule has 4 nitrogen and oxygen atoms in total. The molecule has 1 amide bonds. The van der Waals surface area contributed by atoms with E-state index in [-0.39, 0.29) is 5.91 Å². The van der Waals surface area contributed by atoms with Gasteiger partial charge in [-0.1, -0.05) is 12.1 Å². The quantitative estimate of drug-likeness (QED) is 0.628. The van der Waals surface area contributed by atoms with Gasteiger partial charge < -0.3 is 10.6 Å². The van der Waals surface area contributed by atoms with E-state index in [4.69, 9.17) is 0 Å². The van der Waals surface area contributed by atoms with E-state index >= 15 is 0 Å². The van der Waals surface area contributed by atoms with Crippen LogP contribution < -0.4 is 10.6 Å². The normalized spacial score (nSPS) is 11.2. The van der Waals surface area contributed by atoms with Crippen LogP contribution in [0.1, 0.15) is 12.5 Å². The second-order valence-corrected chi connectivity index (χ2v) is 6.35. The highest BCUT2D eigenvalue weighted by molar-refractivity contribution is 7.14. The molecule has 2 N–H and O–H groups in total. The molecule has 0 bridgehead atoms. The van der Waals surface area contributed by atoms with Gasteiger partial charge in [0.1, 0.15) is 0 Å². The first-order valence-corrected chi connectivity index (χ1v) is 8.47. The molecular weight excluding hydrogens is 363 g/mol. The number of nitrogens with zero attached hydrogens (tertiary/aromatic N) is 1. The fourth-order valence-electron chi connectivity index (χ4n) is 2.26. The number of alkyl halides is 3. The van der Waals surface area contributed by atoms with Gasteiger partial charge in [0.2, 0.25) is 5.91 Å². The summed E-state index contributed by atoms with van der Waals surface area (Å²) in [5.41, 5.74) is 2.14. The zero-order valence-corrected chi connectivity index (χ0v) is 14.4. The molecule has 3 aromatic rings. The molecule has 0 spiro atoms. The molecule has 134 valence electrons. The van der Waals surface area contributed by atoms with Gasteiger partial charge in [0.15, 0.2) is 5.13 Å². The molecule has 0 aliphatic carbocycles. The van der Waals surface area contributed by atoms with E-state index in [2.05, 4.69) is 15.6 Å². The molecule has 8 heteroatoms. The molecule has 0 saturated carbocycles. The van der Waals surface area contributed by atoms with Crippen molar-refractivity contribution in [3.63, 3.8) is 0 Å². The Hall–Kier alpha value is -2.87. The molecule has 0 fully saturated rings. The zero-order chi connectivity index (χ0) is 18.7. The molecule has 0 unspecified atom stereocenters. The number of halogens is 3. The second-order valence-electron chi connectivity index (χ2n) is 5.50. The highest BCUT2D eigenvalue weighted by Gasteiger charge is 2.29. The third-order valence-electron chi connectivity index (χ3n) is 3.47. The van der Waals surface area contributed by atoms with Gasteiger partial charge >= 0.3 is 6.18 Å². The number of hydrogen-bond acceptors (Lipinski definition) is 4. The number of thiazole rings is 1. The largest absolute Gasteiger partial charge is 0.416 e. The summed E-state index contributed by atoms with van der Waals surface area (Å²) in [6, 6.07) is 12.0. The molecule has 26 heavy (non-hydrogen) atoms. The van der Waals surface area contributed by atoms with E-state index in [1.54, 1.807) is 12.1 Å². The maximum absolute atomic E-state index is 12.6. The number of anilines is 3. The third-order valence-corrected chi connectivity index (χ3v) is 4.23. The number of carbonyl (C=O) groups is 1. The van der Waals surface area contributed by atoms with Gasteiger partial charge in [0.25, 0.3) is 0 Å². The van der Waals surface area contributed by atoms with Crippen molar-refractivity contribution in [1.82, 2.24) is 4.98 Å². The summed E-state index contributed by atoms with van der Waals surface area (Å²) >= 11 is 1.35. The third kappa shape index (κ3) is 4.40. The molecular formula is C18H14F3N3OS. The van der Waals surface area contributed by atoms with Gasteiger partial charge in [-0.2, -0.15) is 13.2 Å². The lowest BCUT2D eigenvalue weighted by Crippen LogP contribution is -2.05. The average molecular weight is 377 g/mol. The number of rotatable bonds is 4. The lowest BCUT2D eigenvalue weighted by atomic mass is 10.1. The van der Waals surface area contributed by atoms with Gasteiger partial charge in [-0.25, -0.2) is 4.98 Å². The average Bonchev–Trinajstić information content (AvgIpc) is 3.03. The summed E-state index contributed by atoms with van der Waals surface area (Å²) < 4.78 is 37.7. The topological polar surface area (TPSA) is 54.0 Å². The van der Waals surface area contributed by atoms with Crippen molar-refractivity contribution in [2.75, 3.05) is 10.6 Å². The van der Waals surface area contributed by atoms with Crippen molar-refractivity contribution in [3.8, 4) is 11.3 Å². The van der Waals surface area contributed by atoms with Crippen LogP contribution in [-0.4, -0.2) is 10.9 Å². The number of benzene rings is 2. The molecule has 0 aliphatic rings. The van der Waals surface area contributed by atoms with Crippen molar-refractivity contribution in [2.24, 2.45) is 0 Å². The highest BCUT2D eigenvalue weighted by atomic mass is 32.1. The summed E-state index contributed by atoms with van der Waals surface area (Å²) in [6.45, 7) is 1.44. The molecule has 0 aliphatic heterocycles. The first-order chi connectivity index (χ1) is 12.3. The van der Waals surface area contributed by atoms with Crippen molar-refractivity contribution in [3.05, 3.63) is 59.5 Å². The standard InChI is InChI=1S/C18H14F3N3OS/c1-11(25)22-14-6-2-12(3-7-14)16-10-26-17(24-16)23-15-8-4-13(5-9-15)18(19,20)21/h2-10H,1H3,(H,22,25)(H,23,24). The maximum atomic E-state index is 12.6. The second kappa shape index (κ2) is 7.17. The first-order valence-electron chi connectivity index (χ1n) is 7.59. The molecule has 3 rings (SSSR count). The highest BCUT2D eigenvalue weighted by Crippen LogP contribution is 2.31. The first kappa shape index (κ1) is 17.9. The monoisotopic (exact) mass is 377 g/mol. The molecule has 1 aromatic heterocycles. The molecule has 0 saturated heterocycles. The number of hydrogen-bond donors (Lipinski definition) is 2. The van der Waals surface area contributed by atoms with Crippen molar-refractivity contribution in [1.29, 1.82) is 0 Å². The van der Waals surface area contributed by atoms with Crippen molar-refractivity contribution in [2.45, 2.75) is 13.1 Å². The number of carbonyl (C=O) groups excluding carboxylic acids is 1. The van der Waals surface area contributed by atoms with E-state index in [0.717, 1.165) is 23.4 Å². The van der Waals surface area contributed by atoms with Gasteiger partial charge in [0.05, 0.1) is 11.3 Å². The smallest absolute Gasteiger partial charge is 0.332 e. The number of nitrogens with one attached hydrogen (secondary N) is 2. The Morgan fingerprint density at radius 2 is 1.62 bits per heavy atom. The summed E-state index contributed by atoms with van der Waals surface area (Å²) in [5.74, 6) is -0.144. The van der Waals surface area contributed by atoms with Gasteiger partial charge in [-0.15, -0.1) is 11.3 Å². The minimum atomic E-state index is -4.35. The zero-order valence-electron chi connectivity index (χ0n) is 13.6. The van der Waals surface area contributed by atoms with Crippen molar-refractivity contribution >= 4 is 33.8 Å². The Morgan fingerprint density at radius 3 is 2.19 bits per heavy atom. The van der Waals surface area contributed by atoms with Crippen LogP contribution in [-0.2, 0) is 11.0 Å². The van der Waals surface area contributed by atoms with Crippen LogP contribution in [0.2, 0.25) is 0 Å². The van der Waals surface area contributed by atoms with Gasteiger partial charge in [-0.05, 0) is 36.4 Å². The Morgan fingerprint density at radius 1 is 1.00 bits per heavy atom. The van der Waals surface area contributed by atoms with Crippen molar-refractivity contribution < 1.29 is 18.0 Å². The van der Waals surface area contributed by atoms with Gasteiger partial charge in [-0.3, -0.25) is 4.79 Å². The molecule has 0 radical (unpaired) electrons. The van der Waals surface area contributed by atoms with Crippen LogP contribution in [0.25, 0.3) is 11.3 Å². The maximum Gasteiger partial charge on any atom is 0.416 e. The van der Waals surface area contributed by atoms with E-state index in [0.29, 0.717) is 16.5 Å². The molecule has 1 heterocycles.